The Labute approximate surface area is 246 Å². The van der Waals surface area contributed by atoms with Gasteiger partial charge in [0.05, 0.1) is 17.0 Å². The molecule has 220 valence electrons. The Morgan fingerprint density at radius 3 is 1.93 bits per heavy atom. The Morgan fingerprint density at radius 1 is 0.878 bits per heavy atom. The zero-order chi connectivity index (χ0) is 30.2. The fraction of sp³-hybridized carbons (Fsp3) is 0.406. The summed E-state index contributed by atoms with van der Waals surface area (Å²) in [5.41, 5.74) is 1.22. The average molecular weight is 580 g/mol. The molecule has 0 radical (unpaired) electrons. The number of carboxylic acid groups (broad SMARTS) is 1. The first kappa shape index (κ1) is 31.8. The number of aliphatic hydroxyl groups excluding tert-OH is 1. The first-order valence-corrected chi connectivity index (χ1v) is 14.6. The third-order valence-corrected chi connectivity index (χ3v) is 8.00. The molecule has 0 unspecified atom stereocenters. The second-order valence-electron chi connectivity index (χ2n) is 11.5. The molecular weight excluding hydrogens is 538 g/mol. The fourth-order valence-electron chi connectivity index (χ4n) is 5.03. The van der Waals surface area contributed by atoms with E-state index in [0.717, 1.165) is 20.9 Å². The van der Waals surface area contributed by atoms with E-state index in [1.54, 1.807) is 26.8 Å². The van der Waals surface area contributed by atoms with Crippen LogP contribution >= 0.6 is 11.3 Å². The maximum Gasteiger partial charge on any atom is 0.407 e. The van der Waals surface area contributed by atoms with Gasteiger partial charge in [-0.1, -0.05) is 81.4 Å². The van der Waals surface area contributed by atoms with Gasteiger partial charge in [0.25, 0.3) is 5.91 Å². The number of hydrogen-bond acceptors (Lipinski definition) is 5. The number of aliphatic hydroxyl groups is 1. The summed E-state index contributed by atoms with van der Waals surface area (Å²) >= 11 is 1.41. The van der Waals surface area contributed by atoms with E-state index >= 15 is 0 Å². The number of likely N-dealkylation sites (N-methyl/N-ethyl adjacent to an activating group) is 1. The van der Waals surface area contributed by atoms with Gasteiger partial charge in [-0.05, 0) is 54.9 Å². The van der Waals surface area contributed by atoms with Crippen molar-refractivity contribution in [1.29, 1.82) is 0 Å². The Morgan fingerprint density at radius 2 is 1.44 bits per heavy atom. The molecule has 4 N–H and O–H groups in total. The lowest BCUT2D eigenvalue weighted by molar-refractivity contribution is -0.130. The van der Waals surface area contributed by atoms with E-state index in [-0.39, 0.29) is 12.3 Å². The largest absolute Gasteiger partial charge is 0.465 e. The van der Waals surface area contributed by atoms with Gasteiger partial charge in [-0.25, -0.2) is 4.79 Å². The second-order valence-corrected chi connectivity index (χ2v) is 12.8. The van der Waals surface area contributed by atoms with E-state index < -0.39 is 41.6 Å². The molecule has 0 saturated carbocycles. The summed E-state index contributed by atoms with van der Waals surface area (Å²) in [7, 11) is 1.37. The summed E-state index contributed by atoms with van der Waals surface area (Å²) in [6, 6.07) is 20.8. The minimum Gasteiger partial charge on any atom is -0.465 e. The molecule has 3 amide bonds. The molecule has 0 aliphatic heterocycles. The Balaban J connectivity index is 1.87. The summed E-state index contributed by atoms with van der Waals surface area (Å²) in [4.78, 5) is 41.1. The van der Waals surface area contributed by atoms with Crippen molar-refractivity contribution >= 4 is 29.2 Å². The zero-order valence-electron chi connectivity index (χ0n) is 24.3. The van der Waals surface area contributed by atoms with Crippen LogP contribution in [0.4, 0.5) is 4.79 Å². The van der Waals surface area contributed by atoms with Gasteiger partial charge in [-0.2, -0.15) is 0 Å². The van der Waals surface area contributed by atoms with Crippen LogP contribution in [-0.2, 0) is 17.6 Å². The minimum absolute atomic E-state index is 0.178. The lowest BCUT2D eigenvalue weighted by atomic mass is 9.84. The molecule has 3 aromatic rings. The lowest BCUT2D eigenvalue weighted by Gasteiger charge is -2.37. The molecule has 0 saturated heterocycles. The number of aryl methyl sites for hydroxylation is 1. The monoisotopic (exact) mass is 579 g/mol. The standard InChI is InChI=1S/C32H41N3O5S/c1-21-16-17-27(41-21)29(37)33-24(18-22-12-8-6-9-13-22)20-26(36)25(19-23-14-10-7-11-15-23)34-30(38)28(32(2,3)4)35(5)31(39)40/h6-17,24-26,28,36H,18-20H2,1-5H3,(H,33,37)(H,34,38)(H,39,40)/t24-,25-,26+,28+/m0/s1. The molecule has 0 aliphatic rings. The quantitative estimate of drug-likeness (QED) is 0.243. The number of nitrogens with zero attached hydrogens (tertiary/aromatic N) is 1. The van der Waals surface area contributed by atoms with Crippen molar-refractivity contribution in [2.75, 3.05) is 7.05 Å². The fourth-order valence-corrected chi connectivity index (χ4v) is 5.80. The third kappa shape index (κ3) is 9.43. The zero-order valence-corrected chi connectivity index (χ0v) is 25.2. The van der Waals surface area contributed by atoms with Crippen molar-refractivity contribution in [3.63, 3.8) is 0 Å². The summed E-state index contributed by atoms with van der Waals surface area (Å²) in [6.07, 6.45) is -1.24. The van der Waals surface area contributed by atoms with Crippen LogP contribution in [0, 0.1) is 12.3 Å². The van der Waals surface area contributed by atoms with Crippen LogP contribution in [0.2, 0.25) is 0 Å². The third-order valence-electron chi connectivity index (χ3n) is 7.00. The second kappa shape index (κ2) is 14.3. The van der Waals surface area contributed by atoms with Gasteiger partial charge in [0.1, 0.15) is 6.04 Å². The van der Waals surface area contributed by atoms with Crippen LogP contribution in [0.5, 0.6) is 0 Å². The molecular formula is C32H41N3O5S. The van der Waals surface area contributed by atoms with Gasteiger partial charge in [0.15, 0.2) is 0 Å². The molecule has 0 bridgehead atoms. The molecule has 1 aromatic heterocycles. The van der Waals surface area contributed by atoms with Crippen LogP contribution in [0.25, 0.3) is 0 Å². The molecule has 2 aromatic carbocycles. The van der Waals surface area contributed by atoms with Gasteiger partial charge in [0, 0.05) is 18.0 Å². The van der Waals surface area contributed by atoms with Crippen molar-refractivity contribution in [3.05, 3.63) is 93.7 Å². The highest BCUT2D eigenvalue weighted by Gasteiger charge is 2.39. The van der Waals surface area contributed by atoms with E-state index in [4.69, 9.17) is 0 Å². The van der Waals surface area contributed by atoms with Crippen LogP contribution < -0.4 is 10.6 Å². The minimum atomic E-state index is -1.21. The van der Waals surface area contributed by atoms with Gasteiger partial charge >= 0.3 is 6.09 Å². The SMILES string of the molecule is Cc1ccc(C(=O)N[C@@H](Cc2ccccc2)C[C@@H](O)[C@H](Cc2ccccc2)NC(=O)[C@@H](N(C)C(=O)O)C(C)(C)C)s1. The molecule has 0 fully saturated rings. The van der Waals surface area contributed by atoms with Crippen LogP contribution in [0.3, 0.4) is 0 Å². The maximum absolute atomic E-state index is 13.6. The number of thiophene rings is 1. The van der Waals surface area contributed by atoms with Crippen LogP contribution in [0.1, 0.15) is 52.9 Å². The number of carbonyl (C=O) groups excluding carboxylic acids is 2. The molecule has 0 aliphatic carbocycles. The Hall–Kier alpha value is -3.69. The van der Waals surface area contributed by atoms with Gasteiger partial charge in [-0.15, -0.1) is 11.3 Å². The Bertz CT molecular complexity index is 1290. The van der Waals surface area contributed by atoms with Crippen molar-refractivity contribution in [2.45, 2.75) is 71.2 Å². The van der Waals surface area contributed by atoms with Crippen molar-refractivity contribution in [1.82, 2.24) is 15.5 Å². The van der Waals surface area contributed by atoms with Gasteiger partial charge < -0.3 is 20.8 Å². The van der Waals surface area contributed by atoms with Crippen LogP contribution in [0.15, 0.2) is 72.8 Å². The van der Waals surface area contributed by atoms with Gasteiger partial charge in [-0.3, -0.25) is 14.5 Å². The molecule has 9 heteroatoms. The smallest absolute Gasteiger partial charge is 0.407 e. The first-order chi connectivity index (χ1) is 19.3. The molecule has 1 heterocycles. The van der Waals surface area contributed by atoms with E-state index in [2.05, 4.69) is 10.6 Å². The molecule has 0 spiro atoms. The summed E-state index contributed by atoms with van der Waals surface area (Å²) in [6.45, 7) is 7.35. The molecule has 8 nitrogen and oxygen atoms in total. The van der Waals surface area contributed by atoms with Crippen molar-refractivity contribution in [2.24, 2.45) is 5.41 Å². The first-order valence-electron chi connectivity index (χ1n) is 13.7. The molecule has 41 heavy (non-hydrogen) atoms. The summed E-state index contributed by atoms with van der Waals surface area (Å²) < 4.78 is 0. The topological polar surface area (TPSA) is 119 Å². The number of hydrogen-bond donors (Lipinski definition) is 4. The molecule has 4 atom stereocenters. The Kier molecular flexibility index (Phi) is 11.1. The lowest BCUT2D eigenvalue weighted by Crippen LogP contribution is -2.58. The van der Waals surface area contributed by atoms with E-state index in [1.807, 2.05) is 73.7 Å². The number of carbonyl (C=O) groups is 3. The number of amides is 3. The van der Waals surface area contributed by atoms with E-state index in [1.165, 1.54) is 18.4 Å². The van der Waals surface area contributed by atoms with E-state index in [0.29, 0.717) is 17.7 Å². The maximum atomic E-state index is 13.6. The van der Waals surface area contributed by atoms with Crippen molar-refractivity contribution < 1.29 is 24.6 Å². The van der Waals surface area contributed by atoms with Crippen molar-refractivity contribution in [3.8, 4) is 0 Å². The average Bonchev–Trinajstić information content (AvgIpc) is 3.35. The number of benzene rings is 2. The van der Waals surface area contributed by atoms with Crippen LogP contribution in [-0.4, -0.2) is 64.3 Å². The predicted octanol–water partition coefficient (Wildman–Crippen LogP) is 4.90. The molecule has 3 rings (SSSR count). The highest BCUT2D eigenvalue weighted by Crippen LogP contribution is 2.25. The highest BCUT2D eigenvalue weighted by atomic mass is 32.1. The normalized spacial score (nSPS) is 14.4. The summed E-state index contributed by atoms with van der Waals surface area (Å²) in [5, 5.41) is 27.3. The predicted molar refractivity (Wildman–Crippen MR) is 162 cm³/mol. The highest BCUT2D eigenvalue weighted by molar-refractivity contribution is 7.13. The van der Waals surface area contributed by atoms with Gasteiger partial charge in [0.2, 0.25) is 5.91 Å². The number of rotatable bonds is 12. The van der Waals surface area contributed by atoms with E-state index in [9.17, 15) is 24.6 Å². The number of nitrogens with one attached hydrogen (secondary N) is 2. The summed E-state index contributed by atoms with van der Waals surface area (Å²) in [5.74, 6) is -0.698.